The van der Waals surface area contributed by atoms with Gasteiger partial charge in [-0.05, 0) is 31.2 Å². The predicted molar refractivity (Wildman–Crippen MR) is 91.5 cm³/mol. The molecule has 0 saturated carbocycles. The van der Waals surface area contributed by atoms with Gasteiger partial charge in [-0.15, -0.1) is 0 Å². The molecule has 130 valence electrons. The Bertz CT molecular complexity index is 1070. The number of nitrogens with one attached hydrogen (secondary N) is 2. The number of fused-ring (bicyclic) bond motifs is 1. The molecular formula is C18H14FN5O2. The van der Waals surface area contributed by atoms with E-state index >= 15 is 0 Å². The van der Waals surface area contributed by atoms with Crippen molar-refractivity contribution in [3.05, 3.63) is 69.8 Å². The number of hydrogen-bond acceptors (Lipinski definition) is 5. The maximum atomic E-state index is 13.3. The number of hydrogen-bond donors (Lipinski definition) is 2. The Kier molecular flexibility index (Phi) is 4.71. The number of carbonyl (C=O) groups excluding carboxylic acids is 1. The average Bonchev–Trinajstić information content (AvgIpc) is 2.62. The minimum atomic E-state index is -0.493. The molecule has 8 heteroatoms. The molecule has 0 saturated heterocycles. The third kappa shape index (κ3) is 3.72. The fourth-order valence-electron chi connectivity index (χ4n) is 2.50. The standard InChI is InChI=1S/C18H14FN5O2/c1-10(17-21-8-11(7-20)9-22-17)23-16(25)6-13-4-12-5-14(19)2-3-15(12)24-18(13)26/h2-5,8-10H,6H2,1H3,(H,23,25)(H,24,26)/t10-/m1/s1. The first-order valence-electron chi connectivity index (χ1n) is 7.79. The Labute approximate surface area is 147 Å². The van der Waals surface area contributed by atoms with E-state index in [1.54, 1.807) is 6.92 Å². The molecule has 0 bridgehead atoms. The summed E-state index contributed by atoms with van der Waals surface area (Å²) in [5.74, 6) is -0.468. The summed E-state index contributed by atoms with van der Waals surface area (Å²) >= 11 is 0. The summed E-state index contributed by atoms with van der Waals surface area (Å²) in [5, 5.41) is 11.9. The molecule has 2 N–H and O–H groups in total. The summed E-state index contributed by atoms with van der Waals surface area (Å²) < 4.78 is 13.3. The van der Waals surface area contributed by atoms with E-state index < -0.39 is 23.3 Å². The van der Waals surface area contributed by atoms with E-state index in [2.05, 4.69) is 20.3 Å². The van der Waals surface area contributed by atoms with Gasteiger partial charge in [-0.25, -0.2) is 14.4 Å². The molecule has 0 aliphatic rings. The first-order chi connectivity index (χ1) is 12.5. The Hall–Kier alpha value is -3.60. The molecule has 0 fully saturated rings. The predicted octanol–water partition coefficient (Wildman–Crippen LogP) is 1.75. The lowest BCUT2D eigenvalue weighted by Gasteiger charge is -2.12. The highest BCUT2D eigenvalue weighted by Gasteiger charge is 2.14. The van der Waals surface area contributed by atoms with Gasteiger partial charge >= 0.3 is 0 Å². The van der Waals surface area contributed by atoms with Crippen LogP contribution < -0.4 is 10.9 Å². The molecule has 3 rings (SSSR count). The van der Waals surface area contributed by atoms with Gasteiger partial charge in [0.25, 0.3) is 5.56 Å². The van der Waals surface area contributed by atoms with Crippen molar-refractivity contribution in [2.75, 3.05) is 0 Å². The van der Waals surface area contributed by atoms with Crippen molar-refractivity contribution in [2.45, 2.75) is 19.4 Å². The van der Waals surface area contributed by atoms with Crippen LogP contribution in [0.5, 0.6) is 0 Å². The minimum Gasteiger partial charge on any atom is -0.346 e. The van der Waals surface area contributed by atoms with Crippen LogP contribution in [-0.4, -0.2) is 20.9 Å². The molecule has 0 unspecified atom stereocenters. The van der Waals surface area contributed by atoms with Gasteiger partial charge in [0.15, 0.2) is 0 Å². The molecule has 2 aromatic heterocycles. The van der Waals surface area contributed by atoms with Crippen molar-refractivity contribution >= 4 is 16.8 Å². The van der Waals surface area contributed by atoms with Crippen LogP contribution >= 0.6 is 0 Å². The fourth-order valence-corrected chi connectivity index (χ4v) is 2.50. The number of aromatic nitrogens is 3. The van der Waals surface area contributed by atoms with E-state index in [0.717, 1.165) is 0 Å². The zero-order valence-electron chi connectivity index (χ0n) is 13.8. The van der Waals surface area contributed by atoms with Crippen LogP contribution in [0.4, 0.5) is 4.39 Å². The molecule has 1 aromatic carbocycles. The van der Waals surface area contributed by atoms with Crippen molar-refractivity contribution in [3.63, 3.8) is 0 Å². The number of benzene rings is 1. The number of rotatable bonds is 4. The number of nitrogens with zero attached hydrogens (tertiary/aromatic N) is 3. The van der Waals surface area contributed by atoms with E-state index in [9.17, 15) is 14.0 Å². The van der Waals surface area contributed by atoms with Gasteiger partial charge in [0.05, 0.1) is 18.0 Å². The molecule has 0 aliphatic heterocycles. The van der Waals surface area contributed by atoms with Crippen LogP contribution in [-0.2, 0) is 11.2 Å². The zero-order valence-corrected chi connectivity index (χ0v) is 13.8. The molecule has 2 heterocycles. The Balaban J connectivity index is 1.75. The van der Waals surface area contributed by atoms with E-state index in [0.29, 0.717) is 22.3 Å². The number of pyridine rings is 1. The third-order valence-corrected chi connectivity index (χ3v) is 3.80. The monoisotopic (exact) mass is 351 g/mol. The van der Waals surface area contributed by atoms with Gasteiger partial charge < -0.3 is 10.3 Å². The summed E-state index contributed by atoms with van der Waals surface area (Å²) in [6.45, 7) is 1.69. The maximum Gasteiger partial charge on any atom is 0.252 e. The van der Waals surface area contributed by atoms with Crippen molar-refractivity contribution in [1.82, 2.24) is 20.3 Å². The maximum absolute atomic E-state index is 13.3. The van der Waals surface area contributed by atoms with Crippen LogP contribution in [0, 0.1) is 17.1 Å². The summed E-state index contributed by atoms with van der Waals surface area (Å²) in [6.07, 6.45) is 2.57. The quantitative estimate of drug-likeness (QED) is 0.744. The van der Waals surface area contributed by atoms with Crippen LogP contribution in [0.2, 0.25) is 0 Å². The van der Waals surface area contributed by atoms with Gasteiger partial charge in [-0.2, -0.15) is 5.26 Å². The van der Waals surface area contributed by atoms with E-state index in [4.69, 9.17) is 5.26 Å². The molecule has 1 amide bonds. The SMILES string of the molecule is C[C@@H](NC(=O)Cc1cc2cc(F)ccc2[nH]c1=O)c1ncc(C#N)cn1. The molecule has 7 nitrogen and oxygen atoms in total. The molecular weight excluding hydrogens is 337 g/mol. The van der Waals surface area contributed by atoms with Crippen molar-refractivity contribution in [3.8, 4) is 6.07 Å². The first-order valence-corrected chi connectivity index (χ1v) is 7.79. The van der Waals surface area contributed by atoms with Crippen LogP contribution in [0.3, 0.4) is 0 Å². The topological polar surface area (TPSA) is 112 Å². The second-order valence-corrected chi connectivity index (χ2v) is 5.76. The summed E-state index contributed by atoms with van der Waals surface area (Å²) in [4.78, 5) is 35.0. The number of nitriles is 1. The lowest BCUT2D eigenvalue weighted by atomic mass is 10.1. The van der Waals surface area contributed by atoms with E-state index in [1.807, 2.05) is 6.07 Å². The average molecular weight is 351 g/mol. The summed E-state index contributed by atoms with van der Waals surface area (Å²) in [5.41, 5.74) is 0.650. The largest absolute Gasteiger partial charge is 0.346 e. The second-order valence-electron chi connectivity index (χ2n) is 5.76. The van der Waals surface area contributed by atoms with Gasteiger partial charge in [0, 0.05) is 28.9 Å². The van der Waals surface area contributed by atoms with Gasteiger partial charge in [-0.3, -0.25) is 9.59 Å². The first kappa shape index (κ1) is 17.2. The molecule has 0 radical (unpaired) electrons. The Morgan fingerprint density at radius 2 is 2.08 bits per heavy atom. The van der Waals surface area contributed by atoms with E-state index in [1.165, 1.54) is 36.7 Å². The van der Waals surface area contributed by atoms with Crippen LogP contribution in [0.15, 0.2) is 41.5 Å². The third-order valence-electron chi connectivity index (χ3n) is 3.80. The smallest absolute Gasteiger partial charge is 0.252 e. The molecule has 26 heavy (non-hydrogen) atoms. The number of amides is 1. The Morgan fingerprint density at radius 1 is 1.35 bits per heavy atom. The molecule has 3 aromatic rings. The minimum absolute atomic E-state index is 0.164. The summed E-state index contributed by atoms with van der Waals surface area (Å²) in [6, 6.07) is 6.94. The molecule has 1 atom stereocenters. The molecule has 0 aliphatic carbocycles. The van der Waals surface area contributed by atoms with Gasteiger partial charge in [-0.1, -0.05) is 0 Å². The number of carbonyl (C=O) groups is 1. The fraction of sp³-hybridized carbons (Fsp3) is 0.167. The normalized spacial score (nSPS) is 11.7. The number of H-pyrrole nitrogens is 1. The number of halogens is 1. The zero-order chi connectivity index (χ0) is 18.7. The van der Waals surface area contributed by atoms with Crippen molar-refractivity contribution in [2.24, 2.45) is 0 Å². The van der Waals surface area contributed by atoms with E-state index in [-0.39, 0.29) is 12.0 Å². The highest BCUT2D eigenvalue weighted by Crippen LogP contribution is 2.13. The lowest BCUT2D eigenvalue weighted by Crippen LogP contribution is -2.31. The van der Waals surface area contributed by atoms with Crippen LogP contribution in [0.1, 0.15) is 29.9 Å². The second kappa shape index (κ2) is 7.11. The van der Waals surface area contributed by atoms with Crippen molar-refractivity contribution < 1.29 is 9.18 Å². The molecule has 0 spiro atoms. The summed E-state index contributed by atoms with van der Waals surface area (Å²) in [7, 11) is 0. The van der Waals surface area contributed by atoms with Gasteiger partial charge in [0.1, 0.15) is 17.7 Å². The van der Waals surface area contributed by atoms with Crippen molar-refractivity contribution in [1.29, 1.82) is 5.26 Å². The highest BCUT2D eigenvalue weighted by atomic mass is 19.1. The Morgan fingerprint density at radius 3 is 2.77 bits per heavy atom. The van der Waals surface area contributed by atoms with Gasteiger partial charge in [0.2, 0.25) is 5.91 Å². The lowest BCUT2D eigenvalue weighted by molar-refractivity contribution is -0.121. The van der Waals surface area contributed by atoms with Crippen LogP contribution in [0.25, 0.3) is 10.9 Å². The number of aromatic amines is 1. The highest BCUT2D eigenvalue weighted by molar-refractivity contribution is 5.82.